The monoisotopic (exact) mass is 257 g/mol. The van der Waals surface area contributed by atoms with Crippen LogP contribution in [0.3, 0.4) is 0 Å². The summed E-state index contributed by atoms with van der Waals surface area (Å²) in [5, 5.41) is 9.18. The molecule has 1 unspecified atom stereocenters. The van der Waals surface area contributed by atoms with E-state index >= 15 is 0 Å². The number of hydrogen-bond acceptors (Lipinski definition) is 2. The maximum atomic E-state index is 9.18. The van der Waals surface area contributed by atoms with Gasteiger partial charge in [-0.3, -0.25) is 4.98 Å². The number of pyridine rings is 1. The minimum absolute atomic E-state index is 0.232. The van der Waals surface area contributed by atoms with Crippen LogP contribution >= 0.6 is 15.9 Å². The summed E-state index contributed by atoms with van der Waals surface area (Å²) in [6.45, 7) is 4.48. The lowest BCUT2D eigenvalue weighted by molar-refractivity contribution is 0.188. The second-order valence-corrected chi connectivity index (χ2v) is 4.77. The Bertz CT molecular complexity index is 271. The van der Waals surface area contributed by atoms with E-state index < -0.39 is 0 Å². The maximum absolute atomic E-state index is 9.18. The number of hydrogen-bond donors (Lipinski definition) is 1. The zero-order chi connectivity index (χ0) is 10.6. The summed E-state index contributed by atoms with van der Waals surface area (Å²) in [5.74, 6) is 0.800. The van der Waals surface area contributed by atoms with E-state index in [9.17, 15) is 5.11 Å². The highest BCUT2D eigenvalue weighted by atomic mass is 79.9. The third-order valence-electron chi connectivity index (χ3n) is 2.44. The van der Waals surface area contributed by atoms with Gasteiger partial charge in [-0.25, -0.2) is 0 Å². The summed E-state index contributed by atoms with van der Waals surface area (Å²) < 4.78 is 0.992. The second kappa shape index (κ2) is 5.47. The van der Waals surface area contributed by atoms with Gasteiger partial charge in [0.05, 0.1) is 0 Å². The van der Waals surface area contributed by atoms with Crippen LogP contribution in [0.1, 0.15) is 19.5 Å². The van der Waals surface area contributed by atoms with E-state index in [0.29, 0.717) is 11.8 Å². The number of rotatable bonds is 4. The van der Waals surface area contributed by atoms with Crippen LogP contribution in [-0.2, 0) is 6.42 Å². The molecule has 1 N–H and O–H groups in total. The molecule has 1 rings (SSSR count). The minimum Gasteiger partial charge on any atom is -0.396 e. The smallest absolute Gasteiger partial charge is 0.0465 e. The summed E-state index contributed by atoms with van der Waals surface area (Å²) in [4.78, 5) is 4.29. The molecule has 0 saturated carbocycles. The van der Waals surface area contributed by atoms with Crippen LogP contribution in [0, 0.1) is 11.8 Å². The fraction of sp³-hybridized carbons (Fsp3) is 0.545. The van der Waals surface area contributed by atoms with Gasteiger partial charge in [0.25, 0.3) is 0 Å². The van der Waals surface area contributed by atoms with Gasteiger partial charge < -0.3 is 5.11 Å². The van der Waals surface area contributed by atoms with Crippen LogP contribution in [-0.4, -0.2) is 16.7 Å². The molecule has 0 radical (unpaired) electrons. The fourth-order valence-corrected chi connectivity index (χ4v) is 1.54. The van der Waals surface area contributed by atoms with Crippen molar-refractivity contribution in [2.24, 2.45) is 11.8 Å². The molecule has 1 aromatic rings. The van der Waals surface area contributed by atoms with Crippen molar-refractivity contribution in [1.29, 1.82) is 0 Å². The molecule has 0 aromatic carbocycles. The highest BCUT2D eigenvalue weighted by Gasteiger charge is 2.13. The van der Waals surface area contributed by atoms with Gasteiger partial charge in [0, 0.05) is 23.0 Å². The van der Waals surface area contributed by atoms with E-state index in [2.05, 4.69) is 34.8 Å². The Morgan fingerprint density at radius 2 is 2.14 bits per heavy atom. The number of aromatic nitrogens is 1. The molecular weight excluding hydrogens is 242 g/mol. The minimum atomic E-state index is 0.232. The highest BCUT2D eigenvalue weighted by Crippen LogP contribution is 2.16. The van der Waals surface area contributed by atoms with Gasteiger partial charge in [0.2, 0.25) is 0 Å². The average Bonchev–Trinajstić information content (AvgIpc) is 2.16. The SMILES string of the molecule is CC(C)C(CO)Cc1ccc(Br)cn1. The van der Waals surface area contributed by atoms with Crippen LogP contribution in [0.5, 0.6) is 0 Å². The molecule has 0 bridgehead atoms. The molecule has 0 fully saturated rings. The molecule has 78 valence electrons. The molecule has 1 atom stereocenters. The van der Waals surface area contributed by atoms with Crippen LogP contribution in [0.4, 0.5) is 0 Å². The van der Waals surface area contributed by atoms with Gasteiger partial charge >= 0.3 is 0 Å². The zero-order valence-electron chi connectivity index (χ0n) is 8.57. The van der Waals surface area contributed by atoms with Crippen molar-refractivity contribution in [1.82, 2.24) is 4.98 Å². The third kappa shape index (κ3) is 3.39. The maximum Gasteiger partial charge on any atom is 0.0465 e. The first-order chi connectivity index (χ1) is 6.63. The fourth-order valence-electron chi connectivity index (χ4n) is 1.31. The van der Waals surface area contributed by atoms with Crippen LogP contribution in [0.2, 0.25) is 0 Å². The summed E-state index contributed by atoms with van der Waals surface area (Å²) in [6, 6.07) is 3.98. The van der Waals surface area contributed by atoms with Crippen LogP contribution in [0.15, 0.2) is 22.8 Å². The highest BCUT2D eigenvalue weighted by molar-refractivity contribution is 9.10. The van der Waals surface area contributed by atoms with Crippen molar-refractivity contribution in [3.63, 3.8) is 0 Å². The molecule has 0 aliphatic rings. The quantitative estimate of drug-likeness (QED) is 0.900. The molecular formula is C11H16BrNO. The van der Waals surface area contributed by atoms with Crippen molar-refractivity contribution in [2.75, 3.05) is 6.61 Å². The number of aliphatic hydroxyl groups is 1. The topological polar surface area (TPSA) is 33.1 Å². The molecule has 3 heteroatoms. The van der Waals surface area contributed by atoms with E-state index in [1.165, 1.54) is 0 Å². The predicted octanol–water partition coefficient (Wildman–Crippen LogP) is 2.65. The first-order valence-corrected chi connectivity index (χ1v) is 5.64. The van der Waals surface area contributed by atoms with Gasteiger partial charge in [0.15, 0.2) is 0 Å². The molecule has 0 amide bonds. The first kappa shape index (κ1) is 11.7. The third-order valence-corrected chi connectivity index (χ3v) is 2.91. The van der Waals surface area contributed by atoms with Gasteiger partial charge in [-0.05, 0) is 46.3 Å². The normalized spacial score (nSPS) is 13.2. The van der Waals surface area contributed by atoms with E-state index in [4.69, 9.17) is 0 Å². The van der Waals surface area contributed by atoms with Crippen molar-refractivity contribution >= 4 is 15.9 Å². The Balaban J connectivity index is 2.63. The van der Waals surface area contributed by atoms with E-state index in [0.717, 1.165) is 16.6 Å². The molecule has 2 nitrogen and oxygen atoms in total. The Kier molecular flexibility index (Phi) is 4.55. The molecule has 0 saturated heterocycles. The Morgan fingerprint density at radius 1 is 1.43 bits per heavy atom. The van der Waals surface area contributed by atoms with Gasteiger partial charge in [-0.1, -0.05) is 13.8 Å². The van der Waals surface area contributed by atoms with Gasteiger partial charge in [-0.15, -0.1) is 0 Å². The van der Waals surface area contributed by atoms with E-state index in [-0.39, 0.29) is 6.61 Å². The van der Waals surface area contributed by atoms with E-state index in [1.54, 1.807) is 6.20 Å². The summed E-state index contributed by atoms with van der Waals surface area (Å²) in [5.41, 5.74) is 1.04. The molecule has 0 aliphatic heterocycles. The Labute approximate surface area is 93.5 Å². The van der Waals surface area contributed by atoms with Gasteiger partial charge in [-0.2, -0.15) is 0 Å². The second-order valence-electron chi connectivity index (χ2n) is 3.86. The molecule has 1 heterocycles. The van der Waals surface area contributed by atoms with Crippen LogP contribution in [0.25, 0.3) is 0 Å². The zero-order valence-corrected chi connectivity index (χ0v) is 10.2. The lowest BCUT2D eigenvalue weighted by Gasteiger charge is -2.17. The number of aliphatic hydroxyl groups excluding tert-OH is 1. The first-order valence-electron chi connectivity index (χ1n) is 4.84. The molecule has 0 aliphatic carbocycles. The van der Waals surface area contributed by atoms with Crippen molar-refractivity contribution in [2.45, 2.75) is 20.3 Å². The predicted molar refractivity (Wildman–Crippen MR) is 61.1 cm³/mol. The molecule has 14 heavy (non-hydrogen) atoms. The summed E-state index contributed by atoms with van der Waals surface area (Å²) in [6.07, 6.45) is 2.64. The largest absolute Gasteiger partial charge is 0.396 e. The lowest BCUT2D eigenvalue weighted by atomic mass is 9.92. The Hall–Kier alpha value is -0.410. The number of halogens is 1. The van der Waals surface area contributed by atoms with E-state index in [1.807, 2.05) is 12.1 Å². The number of nitrogens with zero attached hydrogens (tertiary/aromatic N) is 1. The van der Waals surface area contributed by atoms with Crippen molar-refractivity contribution in [3.8, 4) is 0 Å². The average molecular weight is 258 g/mol. The summed E-state index contributed by atoms with van der Waals surface area (Å²) >= 11 is 3.35. The van der Waals surface area contributed by atoms with Crippen molar-refractivity contribution < 1.29 is 5.11 Å². The van der Waals surface area contributed by atoms with Crippen LogP contribution < -0.4 is 0 Å². The lowest BCUT2D eigenvalue weighted by Crippen LogP contribution is -2.16. The standard InChI is InChI=1S/C11H16BrNO/c1-8(2)9(7-14)5-11-4-3-10(12)6-13-11/h3-4,6,8-9,14H,5,7H2,1-2H3. The summed E-state index contributed by atoms with van der Waals surface area (Å²) in [7, 11) is 0. The van der Waals surface area contributed by atoms with Crippen molar-refractivity contribution in [3.05, 3.63) is 28.5 Å². The molecule has 1 aromatic heterocycles. The Morgan fingerprint density at radius 3 is 2.57 bits per heavy atom. The molecule has 0 spiro atoms. The van der Waals surface area contributed by atoms with Gasteiger partial charge in [0.1, 0.15) is 0 Å².